The molecule has 0 saturated carbocycles. The maximum atomic E-state index is 5.60. The third-order valence-corrected chi connectivity index (χ3v) is 3.76. The molecule has 1 aromatic heterocycles. The van der Waals surface area contributed by atoms with Crippen molar-refractivity contribution >= 4 is 11.3 Å². The van der Waals surface area contributed by atoms with E-state index in [2.05, 4.69) is 36.8 Å². The lowest BCUT2D eigenvalue weighted by molar-refractivity contribution is 0.0308. The van der Waals surface area contributed by atoms with Gasteiger partial charge in [-0.15, -0.1) is 11.3 Å². The van der Waals surface area contributed by atoms with Crippen molar-refractivity contribution in [1.29, 1.82) is 0 Å². The maximum Gasteiger partial charge on any atom is 0.0760 e. The van der Waals surface area contributed by atoms with Crippen molar-refractivity contribution in [3.8, 4) is 0 Å². The second kappa shape index (κ2) is 7.01. The molecule has 1 heterocycles. The van der Waals surface area contributed by atoms with Crippen LogP contribution in [-0.2, 0) is 11.2 Å². The molecule has 4 heteroatoms. The van der Waals surface area contributed by atoms with Crippen molar-refractivity contribution in [1.82, 2.24) is 5.43 Å². The first-order chi connectivity index (χ1) is 7.69. The highest BCUT2D eigenvalue weighted by atomic mass is 32.1. The van der Waals surface area contributed by atoms with E-state index in [1.165, 1.54) is 4.88 Å². The topological polar surface area (TPSA) is 47.3 Å². The van der Waals surface area contributed by atoms with Crippen LogP contribution in [0.2, 0.25) is 0 Å². The van der Waals surface area contributed by atoms with E-state index in [9.17, 15) is 0 Å². The molecule has 0 spiro atoms. The van der Waals surface area contributed by atoms with Crippen LogP contribution in [0.25, 0.3) is 0 Å². The van der Waals surface area contributed by atoms with E-state index in [4.69, 9.17) is 10.6 Å². The standard InChI is InChI=1S/C12H22N2OS/c1-9(2)12(15-3)11(14-13)7-6-10-5-4-8-16-10/h4-5,8-9,11-12,14H,6-7,13H2,1-3H3. The van der Waals surface area contributed by atoms with E-state index in [0.29, 0.717) is 5.92 Å². The Morgan fingerprint density at radius 3 is 2.69 bits per heavy atom. The first-order valence-electron chi connectivity index (χ1n) is 5.70. The Morgan fingerprint density at radius 2 is 2.25 bits per heavy atom. The van der Waals surface area contributed by atoms with Crippen molar-refractivity contribution < 1.29 is 4.74 Å². The molecule has 0 aromatic carbocycles. The van der Waals surface area contributed by atoms with E-state index < -0.39 is 0 Å². The van der Waals surface area contributed by atoms with Crippen molar-refractivity contribution in [2.75, 3.05) is 7.11 Å². The van der Waals surface area contributed by atoms with E-state index in [-0.39, 0.29) is 12.1 Å². The zero-order valence-corrected chi connectivity index (χ0v) is 11.1. The number of hydrogen-bond acceptors (Lipinski definition) is 4. The van der Waals surface area contributed by atoms with Crippen molar-refractivity contribution in [3.63, 3.8) is 0 Å². The highest BCUT2D eigenvalue weighted by Gasteiger charge is 2.23. The van der Waals surface area contributed by atoms with E-state index in [1.54, 1.807) is 18.4 Å². The molecule has 3 nitrogen and oxygen atoms in total. The monoisotopic (exact) mass is 242 g/mol. The molecule has 0 amide bonds. The van der Waals surface area contributed by atoms with Crippen LogP contribution in [0.15, 0.2) is 17.5 Å². The second-order valence-corrected chi connectivity index (χ2v) is 5.37. The number of ether oxygens (including phenoxy) is 1. The second-order valence-electron chi connectivity index (χ2n) is 4.34. The van der Waals surface area contributed by atoms with Crippen LogP contribution in [0.4, 0.5) is 0 Å². The third-order valence-electron chi connectivity index (χ3n) is 2.82. The smallest absolute Gasteiger partial charge is 0.0760 e. The van der Waals surface area contributed by atoms with Crippen LogP contribution in [0.3, 0.4) is 0 Å². The number of nitrogens with one attached hydrogen (secondary N) is 1. The molecule has 0 aliphatic heterocycles. The SMILES string of the molecule is COC(C(C)C)C(CCc1cccs1)NN. The van der Waals surface area contributed by atoms with Gasteiger partial charge in [-0.3, -0.25) is 11.3 Å². The first kappa shape index (κ1) is 13.6. The number of methoxy groups -OCH3 is 1. The quantitative estimate of drug-likeness (QED) is 0.569. The van der Waals surface area contributed by atoms with E-state index in [1.807, 2.05) is 0 Å². The van der Waals surface area contributed by atoms with Crippen LogP contribution in [-0.4, -0.2) is 19.3 Å². The molecule has 0 aliphatic carbocycles. The molecule has 3 N–H and O–H groups in total. The molecule has 2 unspecified atom stereocenters. The van der Waals surface area contributed by atoms with Gasteiger partial charge in [0, 0.05) is 18.0 Å². The number of hydrazine groups is 1. The fourth-order valence-corrected chi connectivity index (χ4v) is 2.72. The Bertz CT molecular complexity index is 275. The highest BCUT2D eigenvalue weighted by molar-refractivity contribution is 7.09. The summed E-state index contributed by atoms with van der Waals surface area (Å²) in [7, 11) is 1.75. The predicted octanol–water partition coefficient (Wildman–Crippen LogP) is 2.18. The summed E-state index contributed by atoms with van der Waals surface area (Å²) in [6.45, 7) is 4.31. The molecule has 1 rings (SSSR count). The van der Waals surface area contributed by atoms with Gasteiger partial charge in [-0.25, -0.2) is 0 Å². The number of thiophene rings is 1. The Hall–Kier alpha value is -0.420. The zero-order chi connectivity index (χ0) is 12.0. The van der Waals surface area contributed by atoms with Gasteiger partial charge in [0.2, 0.25) is 0 Å². The summed E-state index contributed by atoms with van der Waals surface area (Å²) in [5.74, 6) is 6.07. The third kappa shape index (κ3) is 3.87. The average molecular weight is 242 g/mol. The molecule has 16 heavy (non-hydrogen) atoms. The molecule has 0 aliphatic rings. The summed E-state index contributed by atoms with van der Waals surface area (Å²) >= 11 is 1.79. The molecule has 92 valence electrons. The maximum absolute atomic E-state index is 5.60. The van der Waals surface area contributed by atoms with Gasteiger partial charge in [0.15, 0.2) is 0 Å². The van der Waals surface area contributed by atoms with Gasteiger partial charge >= 0.3 is 0 Å². The van der Waals surface area contributed by atoms with Gasteiger partial charge in [0.05, 0.1) is 6.10 Å². The summed E-state index contributed by atoms with van der Waals surface area (Å²) in [5.41, 5.74) is 2.88. The number of hydrogen-bond donors (Lipinski definition) is 2. The molecular formula is C12H22N2OS. The lowest BCUT2D eigenvalue weighted by Crippen LogP contribution is -2.47. The van der Waals surface area contributed by atoms with Crippen molar-refractivity contribution in [2.45, 2.75) is 38.8 Å². The summed E-state index contributed by atoms with van der Waals surface area (Å²) in [6, 6.07) is 4.46. The largest absolute Gasteiger partial charge is 0.380 e. The summed E-state index contributed by atoms with van der Waals surface area (Å²) < 4.78 is 5.50. The van der Waals surface area contributed by atoms with Gasteiger partial charge < -0.3 is 4.74 Å². The van der Waals surface area contributed by atoms with Crippen molar-refractivity contribution in [3.05, 3.63) is 22.4 Å². The summed E-state index contributed by atoms with van der Waals surface area (Å²) in [5, 5.41) is 2.11. The van der Waals surface area contributed by atoms with Crippen LogP contribution < -0.4 is 11.3 Å². The molecule has 1 aromatic rings. The number of nitrogens with two attached hydrogens (primary N) is 1. The Labute approximate surface area is 102 Å². The first-order valence-corrected chi connectivity index (χ1v) is 6.58. The zero-order valence-electron chi connectivity index (χ0n) is 10.3. The van der Waals surface area contributed by atoms with Gasteiger partial charge in [-0.05, 0) is 30.2 Å². The minimum Gasteiger partial charge on any atom is -0.380 e. The van der Waals surface area contributed by atoms with Gasteiger partial charge in [0.25, 0.3) is 0 Å². The van der Waals surface area contributed by atoms with Gasteiger partial charge in [0.1, 0.15) is 0 Å². The molecule has 0 fully saturated rings. The van der Waals surface area contributed by atoms with Crippen LogP contribution in [0, 0.1) is 5.92 Å². The highest BCUT2D eigenvalue weighted by Crippen LogP contribution is 2.17. The van der Waals surface area contributed by atoms with Crippen LogP contribution in [0.1, 0.15) is 25.1 Å². The van der Waals surface area contributed by atoms with Crippen LogP contribution in [0.5, 0.6) is 0 Å². The minimum absolute atomic E-state index is 0.171. The molecule has 2 atom stereocenters. The van der Waals surface area contributed by atoms with Gasteiger partial charge in [-0.1, -0.05) is 19.9 Å². The normalized spacial score (nSPS) is 15.3. The van der Waals surface area contributed by atoms with Crippen molar-refractivity contribution in [2.24, 2.45) is 11.8 Å². The van der Waals surface area contributed by atoms with E-state index in [0.717, 1.165) is 12.8 Å². The van der Waals surface area contributed by atoms with Gasteiger partial charge in [-0.2, -0.15) is 0 Å². The molecule has 0 radical (unpaired) electrons. The lowest BCUT2D eigenvalue weighted by atomic mass is 9.96. The fraction of sp³-hybridized carbons (Fsp3) is 0.667. The van der Waals surface area contributed by atoms with Crippen LogP contribution >= 0.6 is 11.3 Å². The molecule has 0 bridgehead atoms. The number of aryl methyl sites for hydroxylation is 1. The summed E-state index contributed by atoms with van der Waals surface area (Å²) in [6.07, 6.45) is 2.23. The molecule has 0 saturated heterocycles. The Balaban J connectivity index is 2.47. The Kier molecular flexibility index (Phi) is 5.98. The lowest BCUT2D eigenvalue weighted by Gasteiger charge is -2.28. The average Bonchev–Trinajstić information content (AvgIpc) is 2.76. The van der Waals surface area contributed by atoms with E-state index >= 15 is 0 Å². The predicted molar refractivity (Wildman–Crippen MR) is 69.4 cm³/mol. The number of rotatable bonds is 7. The Morgan fingerprint density at radius 1 is 1.50 bits per heavy atom. The summed E-state index contributed by atoms with van der Waals surface area (Å²) in [4.78, 5) is 1.40. The molecular weight excluding hydrogens is 220 g/mol. The fourth-order valence-electron chi connectivity index (χ4n) is 2.00. The minimum atomic E-state index is 0.171.